The smallest absolute Gasteiger partial charge is 0.193 e. The second-order valence-electron chi connectivity index (χ2n) is 4.11. The lowest BCUT2D eigenvalue weighted by Crippen LogP contribution is -2.35. The van der Waals surface area contributed by atoms with Crippen molar-refractivity contribution in [2.75, 3.05) is 28.3 Å². The molecule has 5 heteroatoms. The zero-order valence-electron chi connectivity index (χ0n) is 11.7. The average Bonchev–Trinajstić information content (AvgIpc) is 2.31. The first-order valence-electron chi connectivity index (χ1n) is 5.60. The van der Waals surface area contributed by atoms with E-state index in [9.17, 15) is 0 Å². The number of halogens is 1. The molecule has 18 heavy (non-hydrogen) atoms. The zero-order chi connectivity index (χ0) is 12.8. The molecular formula is C13H22IN3O. The van der Waals surface area contributed by atoms with Gasteiger partial charge in [-0.3, -0.25) is 4.99 Å². The van der Waals surface area contributed by atoms with Crippen LogP contribution in [-0.4, -0.2) is 39.1 Å². The van der Waals surface area contributed by atoms with Crippen LogP contribution in [0.3, 0.4) is 0 Å². The van der Waals surface area contributed by atoms with Crippen LogP contribution in [-0.2, 0) is 6.54 Å². The third-order valence-electron chi connectivity index (χ3n) is 2.51. The Morgan fingerprint density at radius 1 is 1.39 bits per heavy atom. The number of rotatable bonds is 3. The van der Waals surface area contributed by atoms with Gasteiger partial charge in [0.25, 0.3) is 0 Å². The summed E-state index contributed by atoms with van der Waals surface area (Å²) in [6, 6.07) is 6.19. The molecule has 0 atom stereocenters. The average molecular weight is 363 g/mol. The largest absolute Gasteiger partial charge is 0.496 e. The third-order valence-corrected chi connectivity index (χ3v) is 2.51. The SMILES string of the molecule is CN=C(NCc1ccc(C)cc1OC)N(C)C.I. The van der Waals surface area contributed by atoms with Crippen LogP contribution in [0, 0.1) is 6.92 Å². The summed E-state index contributed by atoms with van der Waals surface area (Å²) >= 11 is 0. The summed E-state index contributed by atoms with van der Waals surface area (Å²) in [6.45, 7) is 2.76. The van der Waals surface area contributed by atoms with Crippen molar-refractivity contribution >= 4 is 29.9 Å². The highest BCUT2D eigenvalue weighted by atomic mass is 127. The van der Waals surface area contributed by atoms with Gasteiger partial charge >= 0.3 is 0 Å². The minimum absolute atomic E-state index is 0. The minimum atomic E-state index is 0. The van der Waals surface area contributed by atoms with E-state index in [2.05, 4.69) is 29.4 Å². The van der Waals surface area contributed by atoms with Crippen LogP contribution in [0.15, 0.2) is 23.2 Å². The van der Waals surface area contributed by atoms with Gasteiger partial charge in [0.1, 0.15) is 5.75 Å². The van der Waals surface area contributed by atoms with E-state index in [1.165, 1.54) is 5.56 Å². The summed E-state index contributed by atoms with van der Waals surface area (Å²) < 4.78 is 5.36. The molecule has 1 aromatic carbocycles. The van der Waals surface area contributed by atoms with Crippen LogP contribution in [0.4, 0.5) is 0 Å². The maximum atomic E-state index is 5.36. The normalized spacial score (nSPS) is 10.6. The molecule has 1 aromatic rings. The highest BCUT2D eigenvalue weighted by Crippen LogP contribution is 2.19. The molecule has 0 fully saturated rings. The summed E-state index contributed by atoms with van der Waals surface area (Å²) in [5, 5.41) is 3.28. The molecule has 0 aromatic heterocycles. The second-order valence-corrected chi connectivity index (χ2v) is 4.11. The van der Waals surface area contributed by atoms with E-state index in [0.717, 1.165) is 17.3 Å². The van der Waals surface area contributed by atoms with Crippen molar-refractivity contribution in [3.05, 3.63) is 29.3 Å². The van der Waals surface area contributed by atoms with E-state index in [1.807, 2.05) is 25.1 Å². The minimum Gasteiger partial charge on any atom is -0.496 e. The number of hydrogen-bond acceptors (Lipinski definition) is 2. The Balaban J connectivity index is 0.00000289. The van der Waals surface area contributed by atoms with Gasteiger partial charge < -0.3 is 15.0 Å². The highest BCUT2D eigenvalue weighted by Gasteiger charge is 2.05. The molecule has 102 valence electrons. The monoisotopic (exact) mass is 363 g/mol. The number of guanidine groups is 1. The first-order valence-corrected chi connectivity index (χ1v) is 5.60. The molecule has 1 rings (SSSR count). The maximum absolute atomic E-state index is 5.36. The van der Waals surface area contributed by atoms with Crippen LogP contribution in [0.2, 0.25) is 0 Å². The Kier molecular flexibility index (Phi) is 7.73. The van der Waals surface area contributed by atoms with E-state index in [-0.39, 0.29) is 24.0 Å². The lowest BCUT2D eigenvalue weighted by atomic mass is 10.1. The molecule has 0 saturated heterocycles. The van der Waals surface area contributed by atoms with Crippen molar-refractivity contribution in [2.24, 2.45) is 4.99 Å². The maximum Gasteiger partial charge on any atom is 0.193 e. The van der Waals surface area contributed by atoms with Gasteiger partial charge in [0.15, 0.2) is 5.96 Å². The van der Waals surface area contributed by atoms with Gasteiger partial charge in [-0.1, -0.05) is 12.1 Å². The van der Waals surface area contributed by atoms with Crippen LogP contribution < -0.4 is 10.1 Å². The molecule has 0 saturated carbocycles. The Morgan fingerprint density at radius 2 is 2.06 bits per heavy atom. The summed E-state index contributed by atoms with van der Waals surface area (Å²) in [4.78, 5) is 6.11. The van der Waals surface area contributed by atoms with Crippen molar-refractivity contribution in [2.45, 2.75) is 13.5 Å². The van der Waals surface area contributed by atoms with E-state index in [1.54, 1.807) is 14.2 Å². The number of nitrogens with one attached hydrogen (secondary N) is 1. The fraction of sp³-hybridized carbons (Fsp3) is 0.462. The third kappa shape index (κ3) is 4.72. The molecule has 0 heterocycles. The van der Waals surface area contributed by atoms with E-state index in [0.29, 0.717) is 6.54 Å². The van der Waals surface area contributed by atoms with Gasteiger partial charge in [-0.2, -0.15) is 0 Å². The summed E-state index contributed by atoms with van der Waals surface area (Å²) in [5.74, 6) is 1.76. The molecule has 0 radical (unpaired) electrons. The molecule has 0 aliphatic rings. The first kappa shape index (κ1) is 17.0. The van der Waals surface area contributed by atoms with E-state index in [4.69, 9.17) is 4.74 Å². The number of ether oxygens (including phenoxy) is 1. The molecular weight excluding hydrogens is 341 g/mol. The van der Waals surface area contributed by atoms with Crippen LogP contribution in [0.5, 0.6) is 5.75 Å². The van der Waals surface area contributed by atoms with Crippen molar-refractivity contribution in [1.82, 2.24) is 10.2 Å². The quantitative estimate of drug-likeness (QED) is 0.509. The summed E-state index contributed by atoms with van der Waals surface area (Å²) in [6.07, 6.45) is 0. The van der Waals surface area contributed by atoms with Gasteiger partial charge in [-0.15, -0.1) is 24.0 Å². The fourth-order valence-corrected chi connectivity index (χ4v) is 1.61. The number of benzene rings is 1. The predicted molar refractivity (Wildman–Crippen MR) is 87.0 cm³/mol. The van der Waals surface area contributed by atoms with Gasteiger partial charge in [0.2, 0.25) is 0 Å². The van der Waals surface area contributed by atoms with Crippen molar-refractivity contribution in [3.63, 3.8) is 0 Å². The van der Waals surface area contributed by atoms with Crippen molar-refractivity contribution < 1.29 is 4.74 Å². The Hall–Kier alpha value is -0.980. The number of hydrogen-bond donors (Lipinski definition) is 1. The zero-order valence-corrected chi connectivity index (χ0v) is 14.0. The van der Waals surface area contributed by atoms with Gasteiger partial charge in [-0.05, 0) is 18.6 Å². The molecule has 0 amide bonds. The molecule has 0 aliphatic carbocycles. The molecule has 0 aliphatic heterocycles. The summed E-state index contributed by atoms with van der Waals surface area (Å²) in [5.41, 5.74) is 2.32. The van der Waals surface area contributed by atoms with Crippen molar-refractivity contribution in [3.8, 4) is 5.75 Å². The molecule has 0 bridgehead atoms. The molecule has 4 nitrogen and oxygen atoms in total. The number of aryl methyl sites for hydroxylation is 1. The standard InChI is InChI=1S/C13H21N3O.HI/c1-10-6-7-11(12(8-10)17-5)9-15-13(14-2)16(3)4;/h6-8H,9H2,1-5H3,(H,14,15);1H. The lowest BCUT2D eigenvalue weighted by molar-refractivity contribution is 0.408. The number of nitrogens with zero attached hydrogens (tertiary/aromatic N) is 2. The Morgan fingerprint density at radius 3 is 2.56 bits per heavy atom. The van der Waals surface area contributed by atoms with Crippen LogP contribution in [0.25, 0.3) is 0 Å². The van der Waals surface area contributed by atoms with Crippen molar-refractivity contribution in [1.29, 1.82) is 0 Å². The van der Waals surface area contributed by atoms with Crippen LogP contribution in [0.1, 0.15) is 11.1 Å². The lowest BCUT2D eigenvalue weighted by Gasteiger charge is -2.18. The predicted octanol–water partition coefficient (Wildman–Crippen LogP) is 2.26. The van der Waals surface area contributed by atoms with E-state index < -0.39 is 0 Å². The number of methoxy groups -OCH3 is 1. The first-order chi connectivity index (χ1) is 8.08. The van der Waals surface area contributed by atoms with Gasteiger partial charge in [0, 0.05) is 33.3 Å². The van der Waals surface area contributed by atoms with Crippen LogP contribution >= 0.6 is 24.0 Å². The topological polar surface area (TPSA) is 36.9 Å². The molecule has 0 spiro atoms. The van der Waals surface area contributed by atoms with Gasteiger partial charge in [-0.25, -0.2) is 0 Å². The fourth-order valence-electron chi connectivity index (χ4n) is 1.61. The highest BCUT2D eigenvalue weighted by molar-refractivity contribution is 14.0. The Bertz CT molecular complexity index is 405. The molecule has 1 N–H and O–H groups in total. The summed E-state index contributed by atoms with van der Waals surface area (Å²) in [7, 11) is 7.39. The van der Waals surface area contributed by atoms with Gasteiger partial charge in [0.05, 0.1) is 7.11 Å². The second kappa shape index (κ2) is 8.18. The Labute approximate surface area is 126 Å². The number of aliphatic imine (C=N–C) groups is 1. The van der Waals surface area contributed by atoms with E-state index >= 15 is 0 Å². The molecule has 0 unspecified atom stereocenters.